The van der Waals surface area contributed by atoms with Crippen molar-refractivity contribution >= 4 is 0 Å². The van der Waals surface area contributed by atoms with E-state index in [4.69, 9.17) is 0 Å². The van der Waals surface area contributed by atoms with Crippen LogP contribution < -0.4 is 0 Å². The summed E-state index contributed by atoms with van der Waals surface area (Å²) >= 11 is 3.42. The van der Waals surface area contributed by atoms with Crippen LogP contribution in [-0.2, 0) is 33.1 Å². The summed E-state index contributed by atoms with van der Waals surface area (Å²) in [4.78, 5) is 0. The SMILES string of the molecule is CC1=[C]([Mn])CC=C1.[Mn]. The van der Waals surface area contributed by atoms with Crippen molar-refractivity contribution in [2.24, 2.45) is 0 Å². The van der Waals surface area contributed by atoms with Crippen molar-refractivity contribution in [3.63, 3.8) is 0 Å². The van der Waals surface area contributed by atoms with Gasteiger partial charge in [0.1, 0.15) is 0 Å². The van der Waals surface area contributed by atoms with E-state index in [2.05, 4.69) is 35.1 Å². The summed E-state index contributed by atoms with van der Waals surface area (Å²) in [7, 11) is 0. The number of hydrogen-bond acceptors (Lipinski definition) is 0. The van der Waals surface area contributed by atoms with E-state index in [1.165, 1.54) is 10.0 Å². The molecule has 0 nitrogen and oxygen atoms in total. The molecule has 8 heavy (non-hydrogen) atoms. The smallest absolute Gasteiger partial charge is 0 e. The summed E-state index contributed by atoms with van der Waals surface area (Å²) < 4.78 is 1.33. The fourth-order valence-corrected chi connectivity index (χ4v) is 0.828. The molecule has 0 saturated heterocycles. The molecule has 0 heterocycles. The molecular weight excluding hydrogens is 182 g/mol. The fourth-order valence-electron chi connectivity index (χ4n) is 0.591. The largest absolute Gasteiger partial charge is 0 e. The van der Waals surface area contributed by atoms with E-state index in [0.29, 0.717) is 0 Å². The van der Waals surface area contributed by atoms with Crippen LogP contribution in [0.4, 0.5) is 0 Å². The van der Waals surface area contributed by atoms with Crippen LogP contribution >= 0.6 is 0 Å². The molecule has 0 fully saturated rings. The first-order valence-electron chi connectivity index (χ1n) is 2.32. The van der Waals surface area contributed by atoms with Crippen molar-refractivity contribution in [2.45, 2.75) is 13.3 Å². The van der Waals surface area contributed by atoms with Gasteiger partial charge < -0.3 is 0 Å². The Kier molecular flexibility index (Phi) is 3.76. The zero-order valence-corrected chi connectivity index (χ0v) is 6.98. The minimum Gasteiger partial charge on any atom is 0 e. The van der Waals surface area contributed by atoms with Gasteiger partial charge in [0, 0.05) is 17.1 Å². The molecule has 0 aliphatic heterocycles. The third kappa shape index (κ3) is 1.79. The van der Waals surface area contributed by atoms with Gasteiger partial charge in [-0.2, -0.15) is 0 Å². The van der Waals surface area contributed by atoms with E-state index in [1.807, 2.05) is 0 Å². The molecular formula is C6H7Mn2. The number of allylic oxidation sites excluding steroid dienone is 4. The summed E-state index contributed by atoms with van der Waals surface area (Å²) in [5.74, 6) is 0. The third-order valence-corrected chi connectivity index (χ3v) is 1.80. The summed E-state index contributed by atoms with van der Waals surface area (Å²) in [6.07, 6.45) is 5.37. The first kappa shape index (κ1) is 8.52. The van der Waals surface area contributed by atoms with E-state index in [-0.39, 0.29) is 17.1 Å². The third-order valence-electron chi connectivity index (χ3n) is 1.09. The second-order valence-corrected chi connectivity index (χ2v) is 2.41. The van der Waals surface area contributed by atoms with Crippen LogP contribution in [0.15, 0.2) is 22.2 Å². The average Bonchev–Trinajstić information content (AvgIpc) is 1.91. The van der Waals surface area contributed by atoms with Gasteiger partial charge in [0.2, 0.25) is 0 Å². The molecule has 1 rings (SSSR count). The minimum absolute atomic E-state index is 0. The first-order valence-corrected chi connectivity index (χ1v) is 2.91. The second kappa shape index (κ2) is 3.53. The summed E-state index contributed by atoms with van der Waals surface area (Å²) in [5.41, 5.74) is 1.36. The summed E-state index contributed by atoms with van der Waals surface area (Å²) in [6.45, 7) is 2.10. The van der Waals surface area contributed by atoms with Crippen molar-refractivity contribution < 1.29 is 33.1 Å². The van der Waals surface area contributed by atoms with E-state index in [0.717, 1.165) is 6.42 Å². The van der Waals surface area contributed by atoms with Gasteiger partial charge in [0.05, 0.1) is 0 Å². The maximum Gasteiger partial charge on any atom is 0 e. The number of hydrogen-bond donors (Lipinski definition) is 0. The molecule has 2 heteroatoms. The molecule has 0 atom stereocenters. The fraction of sp³-hybridized carbons (Fsp3) is 0.333. The van der Waals surface area contributed by atoms with Crippen LogP contribution in [0.2, 0.25) is 0 Å². The van der Waals surface area contributed by atoms with E-state index in [1.54, 1.807) is 0 Å². The van der Waals surface area contributed by atoms with Gasteiger partial charge in [-0.25, -0.2) is 0 Å². The Hall–Kier alpha value is 0.519. The molecule has 1 radical (unpaired) electrons. The maximum absolute atomic E-state index is 3.42. The van der Waals surface area contributed by atoms with Gasteiger partial charge in [-0.15, -0.1) is 0 Å². The second-order valence-electron chi connectivity index (χ2n) is 1.69. The Bertz CT molecular complexity index is 133. The van der Waals surface area contributed by atoms with Crippen LogP contribution in [-0.4, -0.2) is 0 Å². The Labute approximate surface area is 68.7 Å². The topological polar surface area (TPSA) is 0 Å². The predicted octanol–water partition coefficient (Wildman–Crippen LogP) is 1.76. The molecule has 0 unspecified atom stereocenters. The van der Waals surface area contributed by atoms with Crippen LogP contribution in [0, 0.1) is 0 Å². The van der Waals surface area contributed by atoms with Crippen molar-refractivity contribution in [3.8, 4) is 0 Å². The van der Waals surface area contributed by atoms with Gasteiger partial charge in [-0.05, 0) is 0 Å². The average molecular weight is 189 g/mol. The van der Waals surface area contributed by atoms with Crippen LogP contribution in [0.1, 0.15) is 13.3 Å². The molecule has 0 aromatic rings. The molecule has 0 N–H and O–H groups in total. The quantitative estimate of drug-likeness (QED) is 0.509. The normalized spacial score (nSPS) is 16.8. The first-order chi connectivity index (χ1) is 3.30. The van der Waals surface area contributed by atoms with Crippen molar-refractivity contribution in [1.29, 1.82) is 0 Å². The molecule has 1 aliphatic rings. The van der Waals surface area contributed by atoms with Crippen LogP contribution in [0.25, 0.3) is 0 Å². The Morgan fingerprint density at radius 1 is 1.62 bits per heavy atom. The molecule has 1 aliphatic carbocycles. The molecule has 0 bridgehead atoms. The van der Waals surface area contributed by atoms with Crippen LogP contribution in [0.3, 0.4) is 0 Å². The standard InChI is InChI=1S/C6H7.2Mn/c1-6-4-2-3-5-6;;/h2,4H,3H2,1H3;;. The molecule has 0 spiro atoms. The summed E-state index contributed by atoms with van der Waals surface area (Å²) in [5, 5.41) is 0. The van der Waals surface area contributed by atoms with Crippen molar-refractivity contribution in [1.82, 2.24) is 0 Å². The zero-order chi connectivity index (χ0) is 5.28. The van der Waals surface area contributed by atoms with Gasteiger partial charge in [-0.1, -0.05) is 0 Å². The Balaban J connectivity index is 0.000000490. The zero-order valence-electron chi connectivity index (χ0n) is 4.62. The minimum atomic E-state index is 0. The molecule has 0 saturated carbocycles. The Morgan fingerprint density at radius 2 is 2.25 bits per heavy atom. The maximum atomic E-state index is 3.42. The Morgan fingerprint density at radius 3 is 2.38 bits per heavy atom. The van der Waals surface area contributed by atoms with E-state index < -0.39 is 0 Å². The molecule has 0 aromatic carbocycles. The predicted molar refractivity (Wildman–Crippen MR) is 26.5 cm³/mol. The van der Waals surface area contributed by atoms with Crippen LogP contribution in [0.5, 0.6) is 0 Å². The molecule has 45 valence electrons. The monoisotopic (exact) mass is 189 g/mol. The van der Waals surface area contributed by atoms with Gasteiger partial charge in [-0.3, -0.25) is 0 Å². The van der Waals surface area contributed by atoms with Gasteiger partial charge in [0.15, 0.2) is 0 Å². The van der Waals surface area contributed by atoms with Gasteiger partial charge in [0.25, 0.3) is 0 Å². The number of rotatable bonds is 0. The van der Waals surface area contributed by atoms with E-state index >= 15 is 0 Å². The van der Waals surface area contributed by atoms with Crippen molar-refractivity contribution in [3.05, 3.63) is 22.2 Å². The molecule has 0 amide bonds. The summed E-state index contributed by atoms with van der Waals surface area (Å²) in [6, 6.07) is 0. The van der Waals surface area contributed by atoms with Gasteiger partial charge >= 0.3 is 51.6 Å². The van der Waals surface area contributed by atoms with Crippen molar-refractivity contribution in [2.75, 3.05) is 0 Å². The van der Waals surface area contributed by atoms with E-state index in [9.17, 15) is 0 Å². The molecule has 0 aromatic heterocycles.